The molecule has 0 aliphatic heterocycles. The Hall–Kier alpha value is -4.38. The van der Waals surface area contributed by atoms with Crippen LogP contribution in [0.1, 0.15) is 33.0 Å². The van der Waals surface area contributed by atoms with Crippen LogP contribution in [0.3, 0.4) is 0 Å². The third-order valence-electron chi connectivity index (χ3n) is 6.23. The summed E-state index contributed by atoms with van der Waals surface area (Å²) >= 11 is 0. The van der Waals surface area contributed by atoms with E-state index >= 15 is 0 Å². The number of fused-ring (bicyclic) bond motifs is 3. The van der Waals surface area contributed by atoms with Gasteiger partial charge in [0.25, 0.3) is 0 Å². The van der Waals surface area contributed by atoms with Crippen LogP contribution < -0.4 is 5.32 Å². The fourth-order valence-electron chi connectivity index (χ4n) is 4.57. The molecule has 0 fully saturated rings. The summed E-state index contributed by atoms with van der Waals surface area (Å²) < 4.78 is 5.63. The number of carbonyl (C=O) groups is 2. The van der Waals surface area contributed by atoms with Crippen molar-refractivity contribution in [2.45, 2.75) is 12.5 Å². The van der Waals surface area contributed by atoms with Gasteiger partial charge in [-0.25, -0.2) is 9.59 Å². The Morgan fingerprint density at radius 1 is 0.735 bits per heavy atom. The van der Waals surface area contributed by atoms with Crippen LogP contribution >= 0.6 is 0 Å². The maximum absolute atomic E-state index is 12.6. The summed E-state index contributed by atoms with van der Waals surface area (Å²) in [5, 5.41) is 12.0. The van der Waals surface area contributed by atoms with Gasteiger partial charge >= 0.3 is 12.1 Å². The van der Waals surface area contributed by atoms with Gasteiger partial charge in [-0.2, -0.15) is 0 Å². The quantitative estimate of drug-likeness (QED) is 0.373. The zero-order valence-electron chi connectivity index (χ0n) is 18.4. The minimum absolute atomic E-state index is 0.0122. The number of carboxylic acids is 1. The molecule has 4 aromatic rings. The third-order valence-corrected chi connectivity index (χ3v) is 6.23. The van der Waals surface area contributed by atoms with Gasteiger partial charge in [0.05, 0.1) is 5.56 Å². The van der Waals surface area contributed by atoms with Gasteiger partial charge in [0.2, 0.25) is 0 Å². The molecule has 5 heteroatoms. The molecule has 0 atom stereocenters. The lowest BCUT2D eigenvalue weighted by Gasteiger charge is -2.15. The molecule has 168 valence electrons. The Labute approximate surface area is 197 Å². The van der Waals surface area contributed by atoms with E-state index in [2.05, 4.69) is 29.6 Å². The van der Waals surface area contributed by atoms with Gasteiger partial charge in [-0.15, -0.1) is 0 Å². The molecule has 4 aromatic carbocycles. The molecule has 1 aliphatic rings. The van der Waals surface area contributed by atoms with Crippen molar-refractivity contribution < 1.29 is 19.4 Å². The summed E-state index contributed by atoms with van der Waals surface area (Å²) in [5.74, 6) is -0.949. The second-order valence-corrected chi connectivity index (χ2v) is 8.22. The molecule has 5 rings (SSSR count). The lowest BCUT2D eigenvalue weighted by Crippen LogP contribution is -2.25. The minimum atomic E-state index is -0.961. The van der Waals surface area contributed by atoms with Crippen molar-refractivity contribution in [3.05, 3.63) is 119 Å². The van der Waals surface area contributed by atoms with E-state index in [1.165, 1.54) is 22.3 Å². The fraction of sp³-hybridized carbons (Fsp3) is 0.103. The molecule has 0 aromatic heterocycles. The molecule has 0 bridgehead atoms. The number of aromatic carboxylic acids is 1. The van der Waals surface area contributed by atoms with Crippen molar-refractivity contribution in [1.82, 2.24) is 5.32 Å². The maximum atomic E-state index is 12.6. The van der Waals surface area contributed by atoms with Gasteiger partial charge in [-0.1, -0.05) is 84.9 Å². The highest BCUT2D eigenvalue weighted by molar-refractivity contribution is 5.88. The average molecular weight is 450 g/mol. The number of alkyl carbamates (subject to hydrolysis) is 1. The van der Waals surface area contributed by atoms with Crippen molar-refractivity contribution in [3.63, 3.8) is 0 Å². The predicted molar refractivity (Wildman–Crippen MR) is 131 cm³/mol. The topological polar surface area (TPSA) is 75.6 Å². The molecule has 1 aliphatic carbocycles. The number of carbonyl (C=O) groups excluding carboxylic acids is 1. The van der Waals surface area contributed by atoms with Crippen LogP contribution in [-0.4, -0.2) is 23.8 Å². The minimum Gasteiger partial charge on any atom is -0.478 e. The maximum Gasteiger partial charge on any atom is 0.407 e. The van der Waals surface area contributed by atoms with Crippen LogP contribution in [0, 0.1) is 0 Å². The van der Waals surface area contributed by atoms with Crippen LogP contribution in [0.25, 0.3) is 22.3 Å². The standard InChI is InChI=1S/C29H23NO4/c31-28(32)20-15-13-19(14-16-20)22-8-2-1-7-21(22)17-30-29(33)34-18-27-25-11-5-3-9-23(25)24-10-4-6-12-26(24)27/h1-16,27H,17-18H2,(H,30,33)(H,31,32). The van der Waals surface area contributed by atoms with Crippen LogP contribution in [0.2, 0.25) is 0 Å². The van der Waals surface area contributed by atoms with Gasteiger partial charge in [-0.05, 0) is 51.1 Å². The van der Waals surface area contributed by atoms with Gasteiger partial charge in [0, 0.05) is 12.5 Å². The summed E-state index contributed by atoms with van der Waals surface area (Å²) in [7, 11) is 0. The first kappa shape index (κ1) is 21.5. The lowest BCUT2D eigenvalue weighted by atomic mass is 9.98. The van der Waals surface area contributed by atoms with Gasteiger partial charge in [-0.3, -0.25) is 0 Å². The highest BCUT2D eigenvalue weighted by atomic mass is 16.5. The largest absolute Gasteiger partial charge is 0.478 e. The van der Waals surface area contributed by atoms with Crippen molar-refractivity contribution in [3.8, 4) is 22.3 Å². The van der Waals surface area contributed by atoms with E-state index in [0.29, 0.717) is 6.54 Å². The van der Waals surface area contributed by atoms with E-state index in [0.717, 1.165) is 16.7 Å². The van der Waals surface area contributed by atoms with Crippen molar-refractivity contribution in [2.75, 3.05) is 6.61 Å². The molecule has 0 spiro atoms. The first-order valence-corrected chi connectivity index (χ1v) is 11.1. The Morgan fingerprint density at radius 2 is 1.29 bits per heavy atom. The van der Waals surface area contributed by atoms with E-state index in [-0.39, 0.29) is 18.1 Å². The van der Waals surface area contributed by atoms with Gasteiger partial charge in [0.1, 0.15) is 6.61 Å². The van der Waals surface area contributed by atoms with E-state index in [4.69, 9.17) is 9.84 Å². The molecular formula is C29H23NO4. The molecule has 2 N–H and O–H groups in total. The van der Waals surface area contributed by atoms with Crippen molar-refractivity contribution >= 4 is 12.1 Å². The number of hydrogen-bond donors (Lipinski definition) is 2. The molecule has 1 amide bonds. The molecule has 0 unspecified atom stereocenters. The highest BCUT2D eigenvalue weighted by Gasteiger charge is 2.29. The number of benzene rings is 4. The molecule has 5 nitrogen and oxygen atoms in total. The zero-order chi connectivity index (χ0) is 23.5. The summed E-state index contributed by atoms with van der Waals surface area (Å²) in [5.41, 5.74) is 7.69. The fourth-order valence-corrected chi connectivity index (χ4v) is 4.57. The second-order valence-electron chi connectivity index (χ2n) is 8.22. The molecule has 0 saturated heterocycles. The van der Waals surface area contributed by atoms with Gasteiger partial charge in [0.15, 0.2) is 0 Å². The van der Waals surface area contributed by atoms with Crippen LogP contribution in [0.4, 0.5) is 4.79 Å². The normalized spacial score (nSPS) is 12.0. The lowest BCUT2D eigenvalue weighted by molar-refractivity contribution is 0.0697. The Balaban J connectivity index is 1.25. The van der Waals surface area contributed by atoms with Crippen LogP contribution in [0.15, 0.2) is 97.1 Å². The first-order valence-electron chi connectivity index (χ1n) is 11.1. The Morgan fingerprint density at radius 3 is 1.91 bits per heavy atom. The first-order chi connectivity index (χ1) is 16.6. The van der Waals surface area contributed by atoms with Crippen LogP contribution in [0.5, 0.6) is 0 Å². The predicted octanol–water partition coefficient (Wildman–Crippen LogP) is 6.09. The number of hydrogen-bond acceptors (Lipinski definition) is 3. The smallest absolute Gasteiger partial charge is 0.407 e. The molecule has 0 heterocycles. The summed E-state index contributed by atoms with van der Waals surface area (Å²) in [4.78, 5) is 23.7. The summed E-state index contributed by atoms with van der Waals surface area (Å²) in [6.45, 7) is 0.561. The van der Waals surface area contributed by atoms with E-state index < -0.39 is 12.1 Å². The monoisotopic (exact) mass is 449 g/mol. The summed E-state index contributed by atoms with van der Waals surface area (Å²) in [6, 6.07) is 30.9. The number of ether oxygens (including phenoxy) is 1. The van der Waals surface area contributed by atoms with Crippen LogP contribution in [-0.2, 0) is 11.3 Å². The SMILES string of the molecule is O=C(NCc1ccccc1-c1ccc(C(=O)O)cc1)OCC1c2ccccc2-c2ccccc21. The second kappa shape index (κ2) is 9.24. The van der Waals surface area contributed by atoms with E-state index in [1.54, 1.807) is 24.3 Å². The van der Waals surface area contributed by atoms with Crippen molar-refractivity contribution in [2.24, 2.45) is 0 Å². The van der Waals surface area contributed by atoms with Crippen molar-refractivity contribution in [1.29, 1.82) is 0 Å². The number of amides is 1. The molecule has 0 radical (unpaired) electrons. The molecule has 0 saturated carbocycles. The average Bonchev–Trinajstić information content (AvgIpc) is 3.20. The zero-order valence-corrected chi connectivity index (χ0v) is 18.4. The highest BCUT2D eigenvalue weighted by Crippen LogP contribution is 2.44. The third kappa shape index (κ3) is 4.16. The number of rotatable bonds is 6. The van der Waals surface area contributed by atoms with E-state index in [1.807, 2.05) is 48.5 Å². The number of carboxylic acid groups (broad SMARTS) is 1. The molecular weight excluding hydrogens is 426 g/mol. The number of nitrogens with one attached hydrogen (secondary N) is 1. The van der Waals surface area contributed by atoms with Gasteiger partial charge < -0.3 is 15.2 Å². The molecule has 34 heavy (non-hydrogen) atoms. The Kier molecular flexibility index (Phi) is 5.83. The Bertz CT molecular complexity index is 1320. The van der Waals surface area contributed by atoms with E-state index in [9.17, 15) is 9.59 Å². The summed E-state index contributed by atoms with van der Waals surface area (Å²) in [6.07, 6.45) is -0.474.